The van der Waals surface area contributed by atoms with Crippen LogP contribution in [0.2, 0.25) is 0 Å². The van der Waals surface area contributed by atoms with Gasteiger partial charge in [-0.3, -0.25) is 4.90 Å². The fourth-order valence-corrected chi connectivity index (χ4v) is 3.20. The summed E-state index contributed by atoms with van der Waals surface area (Å²) in [6.07, 6.45) is 0. The molecule has 16 heavy (non-hydrogen) atoms. The molecule has 0 spiro atoms. The minimum atomic E-state index is 0.600. The Morgan fingerprint density at radius 1 is 1.50 bits per heavy atom. The molecule has 5 heteroatoms. The molecule has 0 aromatic carbocycles. The summed E-state index contributed by atoms with van der Waals surface area (Å²) in [5.74, 6) is 0. The fourth-order valence-electron chi connectivity index (χ4n) is 1.91. The number of anilines is 1. The third-order valence-electron chi connectivity index (χ3n) is 2.92. The normalized spacial score (nSPS) is 19.6. The van der Waals surface area contributed by atoms with Crippen LogP contribution in [0.3, 0.4) is 0 Å². The molecule has 2 N–H and O–H groups in total. The Hall–Kier alpha value is -0.100. The molecular formula is C11H18BrN3S. The predicted molar refractivity (Wildman–Crippen MR) is 74.4 cm³/mol. The van der Waals surface area contributed by atoms with Crippen LogP contribution in [0, 0.1) is 0 Å². The summed E-state index contributed by atoms with van der Waals surface area (Å²) in [6, 6.07) is 4.81. The molecule has 0 saturated carbocycles. The topological polar surface area (TPSA) is 27.3 Å². The highest BCUT2D eigenvalue weighted by atomic mass is 79.9. The Labute approximate surface area is 109 Å². The van der Waals surface area contributed by atoms with E-state index in [0.29, 0.717) is 6.04 Å². The molecule has 1 aliphatic heterocycles. The van der Waals surface area contributed by atoms with Crippen LogP contribution in [-0.4, -0.2) is 43.7 Å². The summed E-state index contributed by atoms with van der Waals surface area (Å²) in [7, 11) is 0. The van der Waals surface area contributed by atoms with Gasteiger partial charge in [-0.15, -0.1) is 11.3 Å². The zero-order valence-electron chi connectivity index (χ0n) is 9.50. The molecule has 1 atom stereocenters. The molecule has 1 aromatic rings. The molecule has 2 rings (SSSR count). The van der Waals surface area contributed by atoms with Crippen molar-refractivity contribution in [3.05, 3.63) is 15.9 Å². The Bertz CT molecular complexity index is 323. The van der Waals surface area contributed by atoms with E-state index in [4.69, 9.17) is 0 Å². The number of hydrogen-bond donors (Lipinski definition) is 2. The number of nitrogens with zero attached hydrogens (tertiary/aromatic N) is 1. The third-order valence-corrected chi connectivity index (χ3v) is 4.50. The van der Waals surface area contributed by atoms with Gasteiger partial charge < -0.3 is 10.6 Å². The van der Waals surface area contributed by atoms with Crippen LogP contribution < -0.4 is 10.6 Å². The Kier molecular flexibility index (Phi) is 4.64. The minimum Gasteiger partial charge on any atom is -0.375 e. The molecule has 2 heterocycles. The molecule has 0 amide bonds. The van der Waals surface area contributed by atoms with E-state index in [0.717, 1.165) is 32.7 Å². The van der Waals surface area contributed by atoms with Gasteiger partial charge in [-0.05, 0) is 35.0 Å². The van der Waals surface area contributed by atoms with Gasteiger partial charge in [0.15, 0.2) is 0 Å². The van der Waals surface area contributed by atoms with E-state index in [-0.39, 0.29) is 0 Å². The molecule has 1 fully saturated rings. The Morgan fingerprint density at radius 2 is 2.25 bits per heavy atom. The van der Waals surface area contributed by atoms with Gasteiger partial charge in [0.25, 0.3) is 0 Å². The molecule has 0 bridgehead atoms. The van der Waals surface area contributed by atoms with Crippen LogP contribution >= 0.6 is 27.3 Å². The van der Waals surface area contributed by atoms with Crippen LogP contribution in [-0.2, 0) is 0 Å². The van der Waals surface area contributed by atoms with Gasteiger partial charge in [-0.25, -0.2) is 0 Å². The number of thiophene rings is 1. The van der Waals surface area contributed by atoms with Crippen molar-refractivity contribution in [2.24, 2.45) is 0 Å². The van der Waals surface area contributed by atoms with Crippen molar-refractivity contribution in [2.75, 3.05) is 38.0 Å². The first-order valence-electron chi connectivity index (χ1n) is 5.69. The molecule has 3 nitrogen and oxygen atoms in total. The third kappa shape index (κ3) is 3.45. The first kappa shape index (κ1) is 12.4. The van der Waals surface area contributed by atoms with E-state index in [9.17, 15) is 0 Å². The number of hydrogen-bond acceptors (Lipinski definition) is 4. The van der Waals surface area contributed by atoms with Crippen molar-refractivity contribution in [3.8, 4) is 0 Å². The molecule has 0 radical (unpaired) electrons. The molecule has 1 aromatic heterocycles. The van der Waals surface area contributed by atoms with Crippen molar-refractivity contribution in [3.63, 3.8) is 0 Å². The maximum atomic E-state index is 3.49. The molecule has 90 valence electrons. The van der Waals surface area contributed by atoms with Gasteiger partial charge in [-0.2, -0.15) is 0 Å². The van der Waals surface area contributed by atoms with E-state index in [1.165, 1.54) is 8.79 Å². The molecular weight excluding hydrogens is 286 g/mol. The van der Waals surface area contributed by atoms with Crippen molar-refractivity contribution < 1.29 is 0 Å². The van der Waals surface area contributed by atoms with Crippen LogP contribution in [0.25, 0.3) is 0 Å². The molecule has 1 saturated heterocycles. The minimum absolute atomic E-state index is 0.600. The highest BCUT2D eigenvalue weighted by molar-refractivity contribution is 9.11. The SMILES string of the molecule is CC(CNc1ccc(Br)s1)N1CCNCC1. The smallest absolute Gasteiger partial charge is 0.0894 e. The highest BCUT2D eigenvalue weighted by Gasteiger charge is 2.15. The zero-order valence-corrected chi connectivity index (χ0v) is 11.9. The Morgan fingerprint density at radius 3 is 2.88 bits per heavy atom. The summed E-state index contributed by atoms with van der Waals surface area (Å²) in [6.45, 7) is 7.88. The van der Waals surface area contributed by atoms with Crippen molar-refractivity contribution >= 4 is 32.3 Å². The summed E-state index contributed by atoms with van der Waals surface area (Å²) in [5.41, 5.74) is 0. The lowest BCUT2D eigenvalue weighted by Gasteiger charge is -2.32. The van der Waals surface area contributed by atoms with Gasteiger partial charge in [0, 0.05) is 38.8 Å². The predicted octanol–water partition coefficient (Wildman–Crippen LogP) is 2.22. The van der Waals surface area contributed by atoms with Gasteiger partial charge in [-0.1, -0.05) is 0 Å². The van der Waals surface area contributed by atoms with E-state index < -0.39 is 0 Å². The van der Waals surface area contributed by atoms with Crippen LogP contribution in [0.1, 0.15) is 6.92 Å². The summed E-state index contributed by atoms with van der Waals surface area (Å²) >= 11 is 5.23. The summed E-state index contributed by atoms with van der Waals surface area (Å²) in [4.78, 5) is 2.53. The van der Waals surface area contributed by atoms with Crippen molar-refractivity contribution in [1.82, 2.24) is 10.2 Å². The van der Waals surface area contributed by atoms with Crippen LogP contribution in [0.4, 0.5) is 5.00 Å². The lowest BCUT2D eigenvalue weighted by atomic mass is 10.2. The van der Waals surface area contributed by atoms with Crippen molar-refractivity contribution in [2.45, 2.75) is 13.0 Å². The van der Waals surface area contributed by atoms with E-state index >= 15 is 0 Å². The second-order valence-corrected chi connectivity index (χ2v) is 6.58. The number of halogens is 1. The van der Waals surface area contributed by atoms with E-state index in [1.54, 1.807) is 11.3 Å². The lowest BCUT2D eigenvalue weighted by Crippen LogP contribution is -2.49. The van der Waals surface area contributed by atoms with Crippen molar-refractivity contribution in [1.29, 1.82) is 0 Å². The number of nitrogens with one attached hydrogen (secondary N) is 2. The monoisotopic (exact) mass is 303 g/mol. The van der Waals surface area contributed by atoms with Gasteiger partial charge in [0.05, 0.1) is 8.79 Å². The second-order valence-electron chi connectivity index (χ2n) is 4.12. The zero-order chi connectivity index (χ0) is 11.4. The maximum Gasteiger partial charge on any atom is 0.0894 e. The Balaban J connectivity index is 1.76. The summed E-state index contributed by atoms with van der Waals surface area (Å²) in [5, 5.41) is 8.11. The fraction of sp³-hybridized carbons (Fsp3) is 0.636. The number of rotatable bonds is 4. The van der Waals surface area contributed by atoms with Gasteiger partial charge >= 0.3 is 0 Å². The average molecular weight is 304 g/mol. The maximum absolute atomic E-state index is 3.49. The average Bonchev–Trinajstić information content (AvgIpc) is 2.73. The molecule has 1 aliphatic rings. The van der Waals surface area contributed by atoms with Crippen LogP contribution in [0.15, 0.2) is 15.9 Å². The molecule has 1 unspecified atom stereocenters. The number of piperazine rings is 1. The van der Waals surface area contributed by atoms with Crippen LogP contribution in [0.5, 0.6) is 0 Å². The standard InChI is InChI=1S/C11H18BrN3S/c1-9(15-6-4-13-5-7-15)8-14-11-3-2-10(12)16-11/h2-3,9,13-14H,4-8H2,1H3. The summed E-state index contributed by atoms with van der Waals surface area (Å²) < 4.78 is 1.19. The first-order chi connectivity index (χ1) is 7.75. The van der Waals surface area contributed by atoms with E-state index in [2.05, 4.69) is 50.5 Å². The van der Waals surface area contributed by atoms with E-state index in [1.807, 2.05) is 0 Å². The largest absolute Gasteiger partial charge is 0.375 e. The van der Waals surface area contributed by atoms with Gasteiger partial charge in [0.1, 0.15) is 0 Å². The lowest BCUT2D eigenvalue weighted by molar-refractivity contribution is 0.191. The first-order valence-corrected chi connectivity index (χ1v) is 7.30. The van der Waals surface area contributed by atoms with Gasteiger partial charge in [0.2, 0.25) is 0 Å². The second kappa shape index (κ2) is 6.00. The highest BCUT2D eigenvalue weighted by Crippen LogP contribution is 2.26. The quantitative estimate of drug-likeness (QED) is 0.893. The molecule has 0 aliphatic carbocycles.